The summed E-state index contributed by atoms with van der Waals surface area (Å²) in [7, 11) is 1.53. The molecule has 2 aromatic rings. The summed E-state index contributed by atoms with van der Waals surface area (Å²) >= 11 is 12.3. The van der Waals surface area contributed by atoms with E-state index in [1.54, 1.807) is 6.07 Å². The number of ether oxygens (including phenoxy) is 1. The fraction of sp³-hybridized carbons (Fsp3) is 0.267. The first-order valence-electron chi connectivity index (χ1n) is 6.97. The van der Waals surface area contributed by atoms with Crippen molar-refractivity contribution >= 4 is 29.0 Å². The highest BCUT2D eigenvalue weighted by atomic mass is 35.5. The van der Waals surface area contributed by atoms with Crippen LogP contribution in [-0.2, 0) is 7.05 Å². The van der Waals surface area contributed by atoms with Gasteiger partial charge in [-0.3, -0.25) is 4.79 Å². The Bertz CT molecular complexity index is 839. The lowest BCUT2D eigenvalue weighted by molar-refractivity contribution is 0.318. The summed E-state index contributed by atoms with van der Waals surface area (Å²) in [5, 5.41) is 16.0. The van der Waals surface area contributed by atoms with Crippen LogP contribution in [0.15, 0.2) is 28.1 Å². The molecule has 0 bridgehead atoms. The van der Waals surface area contributed by atoms with Crippen LogP contribution in [0.2, 0.25) is 10.0 Å². The highest BCUT2D eigenvalue weighted by molar-refractivity contribution is 6.37. The topological polar surface area (TPSA) is 103 Å². The molecule has 0 saturated carbocycles. The summed E-state index contributed by atoms with van der Waals surface area (Å²) in [6.45, 7) is 3.79. The molecule has 24 heavy (non-hydrogen) atoms. The van der Waals surface area contributed by atoms with E-state index in [4.69, 9.17) is 38.9 Å². The van der Waals surface area contributed by atoms with Gasteiger partial charge in [-0.1, -0.05) is 42.2 Å². The molecule has 0 amide bonds. The van der Waals surface area contributed by atoms with Crippen LogP contribution in [0, 0.1) is 0 Å². The molecule has 0 aliphatic heterocycles. The van der Waals surface area contributed by atoms with Crippen molar-refractivity contribution in [1.29, 1.82) is 0 Å². The highest BCUT2D eigenvalue weighted by Gasteiger charge is 2.16. The van der Waals surface area contributed by atoms with Crippen LogP contribution < -0.4 is 16.0 Å². The Balaban J connectivity index is 2.47. The molecule has 0 aliphatic rings. The number of rotatable bonds is 4. The Morgan fingerprint density at radius 2 is 1.92 bits per heavy atom. The summed E-state index contributed by atoms with van der Waals surface area (Å²) in [6, 6.07) is 4.45. The maximum Gasteiger partial charge on any atom is 0.270 e. The van der Waals surface area contributed by atoms with Crippen molar-refractivity contribution in [2.75, 3.05) is 0 Å². The van der Waals surface area contributed by atoms with E-state index in [2.05, 4.69) is 10.3 Å². The van der Waals surface area contributed by atoms with Gasteiger partial charge in [-0.25, -0.2) is 4.68 Å². The van der Waals surface area contributed by atoms with E-state index in [-0.39, 0.29) is 39.0 Å². The predicted octanol–water partition coefficient (Wildman–Crippen LogP) is 3.10. The number of oxime groups is 1. The third kappa shape index (κ3) is 3.63. The molecular formula is C15H16Cl2N4O3. The number of amidine groups is 1. The van der Waals surface area contributed by atoms with Gasteiger partial charge in [0, 0.05) is 24.2 Å². The number of halogens is 2. The van der Waals surface area contributed by atoms with Crippen molar-refractivity contribution in [3.05, 3.63) is 49.7 Å². The molecule has 0 spiro atoms. The molecule has 0 fully saturated rings. The lowest BCUT2D eigenvalue weighted by Crippen LogP contribution is -2.24. The first kappa shape index (κ1) is 18.1. The van der Waals surface area contributed by atoms with Crippen molar-refractivity contribution in [3.8, 4) is 11.6 Å². The normalized spacial score (nSPS) is 11.8. The largest absolute Gasteiger partial charge is 0.434 e. The van der Waals surface area contributed by atoms with Gasteiger partial charge in [0.15, 0.2) is 11.6 Å². The van der Waals surface area contributed by atoms with E-state index >= 15 is 0 Å². The highest BCUT2D eigenvalue weighted by Crippen LogP contribution is 2.37. The van der Waals surface area contributed by atoms with Crippen LogP contribution in [0.1, 0.15) is 30.9 Å². The van der Waals surface area contributed by atoms with Gasteiger partial charge in [-0.15, -0.1) is 5.10 Å². The van der Waals surface area contributed by atoms with E-state index in [1.807, 2.05) is 13.8 Å². The molecule has 0 unspecified atom stereocenters. The van der Waals surface area contributed by atoms with Crippen molar-refractivity contribution in [3.63, 3.8) is 0 Å². The molecule has 0 saturated heterocycles. The molecule has 0 atom stereocenters. The van der Waals surface area contributed by atoms with Crippen LogP contribution in [0.3, 0.4) is 0 Å². The lowest BCUT2D eigenvalue weighted by Gasteiger charge is -2.13. The van der Waals surface area contributed by atoms with Crippen molar-refractivity contribution < 1.29 is 9.94 Å². The summed E-state index contributed by atoms with van der Waals surface area (Å²) in [6.07, 6.45) is 0. The maximum atomic E-state index is 12.0. The van der Waals surface area contributed by atoms with E-state index in [1.165, 1.54) is 23.9 Å². The van der Waals surface area contributed by atoms with Gasteiger partial charge in [0.25, 0.3) is 5.56 Å². The van der Waals surface area contributed by atoms with Crippen molar-refractivity contribution in [2.24, 2.45) is 17.9 Å². The van der Waals surface area contributed by atoms with Crippen LogP contribution in [-0.4, -0.2) is 20.8 Å². The monoisotopic (exact) mass is 370 g/mol. The summed E-state index contributed by atoms with van der Waals surface area (Å²) < 4.78 is 6.85. The Morgan fingerprint density at radius 1 is 1.33 bits per heavy atom. The van der Waals surface area contributed by atoms with E-state index in [0.717, 1.165) is 0 Å². The second-order valence-electron chi connectivity index (χ2n) is 5.38. The molecule has 2 rings (SSSR count). The molecule has 0 aliphatic carbocycles. The van der Waals surface area contributed by atoms with Crippen LogP contribution in [0.4, 0.5) is 0 Å². The van der Waals surface area contributed by atoms with Gasteiger partial charge in [-0.05, 0) is 18.1 Å². The van der Waals surface area contributed by atoms with Gasteiger partial charge in [0.05, 0.1) is 10.0 Å². The summed E-state index contributed by atoms with van der Waals surface area (Å²) in [4.78, 5) is 12.0. The number of hydrogen-bond acceptors (Lipinski definition) is 5. The number of aryl methyl sites for hydroxylation is 1. The quantitative estimate of drug-likeness (QED) is 0.372. The Kier molecular flexibility index (Phi) is 5.36. The molecule has 1 aromatic carbocycles. The van der Waals surface area contributed by atoms with Crippen molar-refractivity contribution in [1.82, 2.24) is 9.78 Å². The van der Waals surface area contributed by atoms with Crippen LogP contribution >= 0.6 is 23.2 Å². The van der Waals surface area contributed by atoms with Gasteiger partial charge in [0.2, 0.25) is 5.88 Å². The summed E-state index contributed by atoms with van der Waals surface area (Å²) in [5.41, 5.74) is 6.22. The van der Waals surface area contributed by atoms with Crippen LogP contribution in [0.5, 0.6) is 11.6 Å². The Labute approximate surface area is 148 Å². The number of aromatic nitrogens is 2. The van der Waals surface area contributed by atoms with E-state index in [9.17, 15) is 4.79 Å². The minimum Gasteiger partial charge on any atom is -0.434 e. The Hall–Kier alpha value is -2.25. The van der Waals surface area contributed by atoms with Crippen molar-refractivity contribution in [2.45, 2.75) is 19.8 Å². The average Bonchev–Trinajstić information content (AvgIpc) is 2.52. The third-order valence-electron chi connectivity index (χ3n) is 3.30. The molecule has 0 radical (unpaired) electrons. The second-order valence-corrected chi connectivity index (χ2v) is 6.19. The Morgan fingerprint density at radius 3 is 2.42 bits per heavy atom. The van der Waals surface area contributed by atoms with Gasteiger partial charge < -0.3 is 15.7 Å². The zero-order valence-electron chi connectivity index (χ0n) is 13.2. The average molecular weight is 371 g/mol. The molecule has 9 heteroatoms. The molecule has 3 N–H and O–H groups in total. The number of benzene rings is 1. The van der Waals surface area contributed by atoms with Gasteiger partial charge in [-0.2, -0.15) is 0 Å². The summed E-state index contributed by atoms with van der Waals surface area (Å²) in [5.74, 6) is 0.213. The minimum absolute atomic E-state index is 0.00272. The number of nitrogens with two attached hydrogens (primary N) is 1. The molecule has 7 nitrogen and oxygen atoms in total. The molecule has 1 heterocycles. The second kappa shape index (κ2) is 7.11. The fourth-order valence-corrected chi connectivity index (χ4v) is 2.60. The smallest absolute Gasteiger partial charge is 0.270 e. The minimum atomic E-state index is -0.197. The first-order valence-corrected chi connectivity index (χ1v) is 7.73. The van der Waals surface area contributed by atoms with Crippen LogP contribution in [0.25, 0.3) is 0 Å². The SMILES string of the molecule is CC(C)c1cc(Oc2c(Cl)cc(/C(N)=N/O)cc2Cl)nn(C)c1=O. The lowest BCUT2D eigenvalue weighted by atomic mass is 10.1. The first-order chi connectivity index (χ1) is 11.2. The molecular weight excluding hydrogens is 355 g/mol. The molecule has 1 aromatic heterocycles. The molecule has 128 valence electrons. The fourth-order valence-electron chi connectivity index (χ4n) is 2.03. The van der Waals surface area contributed by atoms with Gasteiger partial charge >= 0.3 is 0 Å². The van der Waals surface area contributed by atoms with Gasteiger partial charge in [0.1, 0.15) is 0 Å². The van der Waals surface area contributed by atoms with E-state index in [0.29, 0.717) is 11.1 Å². The predicted molar refractivity (Wildman–Crippen MR) is 92.6 cm³/mol. The maximum absolute atomic E-state index is 12.0. The zero-order valence-corrected chi connectivity index (χ0v) is 14.8. The third-order valence-corrected chi connectivity index (χ3v) is 3.86. The number of hydrogen-bond donors (Lipinski definition) is 2. The zero-order chi connectivity index (χ0) is 18.0. The standard InChI is InChI=1S/C15H16Cl2N4O3/c1-7(2)9-6-12(19-21(3)15(9)22)24-13-10(16)4-8(5-11(13)17)14(18)20-23/h4-7,23H,1-3H3,(H2,18,20). The van der Waals surface area contributed by atoms with E-state index < -0.39 is 0 Å². The number of nitrogens with zero attached hydrogens (tertiary/aromatic N) is 3.